The Labute approximate surface area is 97.0 Å². The average Bonchev–Trinajstić information content (AvgIpc) is 2.26. The van der Waals surface area contributed by atoms with Gasteiger partial charge < -0.3 is 15.3 Å². The molecule has 2 N–H and O–H groups in total. The Balaban J connectivity index is 1.92. The standard InChI is InChI=1S/C12H22N2O2/c15-9-8-14(10-4-3-5-10)12(16)11-6-1-2-7-13-11/h10-11,13,15H,1-9H2/t11-/m0/s1. The fourth-order valence-corrected chi connectivity index (χ4v) is 2.54. The average molecular weight is 226 g/mol. The number of hydrogen-bond acceptors (Lipinski definition) is 3. The molecule has 1 atom stereocenters. The maximum absolute atomic E-state index is 12.3. The highest BCUT2D eigenvalue weighted by Crippen LogP contribution is 2.25. The van der Waals surface area contributed by atoms with E-state index in [1.807, 2.05) is 4.90 Å². The molecule has 4 heteroatoms. The van der Waals surface area contributed by atoms with E-state index in [0.29, 0.717) is 12.6 Å². The SMILES string of the molecule is O=C([C@@H]1CCCCN1)N(CCO)C1CCC1. The Kier molecular flexibility index (Phi) is 4.18. The molecule has 1 saturated heterocycles. The van der Waals surface area contributed by atoms with Gasteiger partial charge in [0, 0.05) is 12.6 Å². The number of carbonyl (C=O) groups is 1. The predicted octanol–water partition coefficient (Wildman–Crippen LogP) is 0.502. The highest BCUT2D eigenvalue weighted by atomic mass is 16.3. The van der Waals surface area contributed by atoms with E-state index in [1.54, 1.807) is 0 Å². The second kappa shape index (κ2) is 5.64. The molecule has 4 nitrogen and oxygen atoms in total. The summed E-state index contributed by atoms with van der Waals surface area (Å²) in [4.78, 5) is 14.2. The lowest BCUT2D eigenvalue weighted by atomic mass is 9.90. The molecule has 1 heterocycles. The molecule has 1 aliphatic carbocycles. The van der Waals surface area contributed by atoms with E-state index >= 15 is 0 Å². The van der Waals surface area contributed by atoms with Crippen LogP contribution in [0.25, 0.3) is 0 Å². The molecule has 1 amide bonds. The van der Waals surface area contributed by atoms with Gasteiger partial charge in [-0.05, 0) is 38.6 Å². The third kappa shape index (κ3) is 2.55. The lowest BCUT2D eigenvalue weighted by Gasteiger charge is -2.40. The third-order valence-electron chi connectivity index (χ3n) is 3.75. The smallest absolute Gasteiger partial charge is 0.240 e. The summed E-state index contributed by atoms with van der Waals surface area (Å²) in [5.41, 5.74) is 0. The van der Waals surface area contributed by atoms with E-state index < -0.39 is 0 Å². The van der Waals surface area contributed by atoms with Crippen molar-refractivity contribution in [1.82, 2.24) is 10.2 Å². The van der Waals surface area contributed by atoms with Crippen molar-refractivity contribution >= 4 is 5.91 Å². The summed E-state index contributed by atoms with van der Waals surface area (Å²) in [6.45, 7) is 1.53. The van der Waals surface area contributed by atoms with Crippen LogP contribution in [0.2, 0.25) is 0 Å². The van der Waals surface area contributed by atoms with Crippen molar-refractivity contribution in [2.24, 2.45) is 0 Å². The van der Waals surface area contributed by atoms with Crippen molar-refractivity contribution in [3.05, 3.63) is 0 Å². The van der Waals surface area contributed by atoms with E-state index in [9.17, 15) is 4.79 Å². The minimum Gasteiger partial charge on any atom is -0.395 e. The Hall–Kier alpha value is -0.610. The molecule has 0 bridgehead atoms. The van der Waals surface area contributed by atoms with Crippen molar-refractivity contribution in [2.45, 2.75) is 50.6 Å². The number of rotatable bonds is 4. The van der Waals surface area contributed by atoms with Gasteiger partial charge in [0.25, 0.3) is 0 Å². The first-order valence-corrected chi connectivity index (χ1v) is 6.47. The van der Waals surface area contributed by atoms with Crippen LogP contribution in [0.5, 0.6) is 0 Å². The highest BCUT2D eigenvalue weighted by Gasteiger charge is 2.32. The van der Waals surface area contributed by atoms with Crippen molar-refractivity contribution in [2.75, 3.05) is 19.7 Å². The maximum atomic E-state index is 12.3. The zero-order valence-electron chi connectivity index (χ0n) is 9.82. The molecular formula is C12H22N2O2. The van der Waals surface area contributed by atoms with Crippen LogP contribution in [0.15, 0.2) is 0 Å². The molecule has 92 valence electrons. The van der Waals surface area contributed by atoms with Crippen molar-refractivity contribution < 1.29 is 9.90 Å². The van der Waals surface area contributed by atoms with Gasteiger partial charge in [-0.1, -0.05) is 6.42 Å². The number of carbonyl (C=O) groups excluding carboxylic acids is 1. The van der Waals surface area contributed by atoms with E-state index in [2.05, 4.69) is 5.32 Å². The molecule has 0 radical (unpaired) electrons. The Morgan fingerprint density at radius 2 is 2.06 bits per heavy atom. The lowest BCUT2D eigenvalue weighted by Crippen LogP contribution is -2.54. The van der Waals surface area contributed by atoms with E-state index in [1.165, 1.54) is 12.8 Å². The molecule has 0 aromatic carbocycles. The quantitative estimate of drug-likeness (QED) is 0.734. The summed E-state index contributed by atoms with van der Waals surface area (Å²) in [5, 5.41) is 12.3. The largest absolute Gasteiger partial charge is 0.395 e. The molecule has 16 heavy (non-hydrogen) atoms. The molecule has 0 unspecified atom stereocenters. The molecule has 2 fully saturated rings. The summed E-state index contributed by atoms with van der Waals surface area (Å²) in [7, 11) is 0. The molecule has 2 aliphatic rings. The summed E-state index contributed by atoms with van der Waals surface area (Å²) in [6, 6.07) is 0.393. The van der Waals surface area contributed by atoms with Crippen LogP contribution < -0.4 is 5.32 Å². The first-order valence-electron chi connectivity index (χ1n) is 6.47. The van der Waals surface area contributed by atoms with Gasteiger partial charge in [-0.3, -0.25) is 4.79 Å². The number of amides is 1. The number of aliphatic hydroxyl groups excluding tert-OH is 1. The van der Waals surface area contributed by atoms with Crippen molar-refractivity contribution in [3.8, 4) is 0 Å². The van der Waals surface area contributed by atoms with Crippen LogP contribution in [0.3, 0.4) is 0 Å². The summed E-state index contributed by atoms with van der Waals surface area (Å²) >= 11 is 0. The number of nitrogens with zero attached hydrogens (tertiary/aromatic N) is 1. The predicted molar refractivity (Wildman–Crippen MR) is 62.1 cm³/mol. The van der Waals surface area contributed by atoms with Crippen LogP contribution in [0.1, 0.15) is 38.5 Å². The maximum Gasteiger partial charge on any atom is 0.240 e. The molecule has 0 spiro atoms. The minimum atomic E-state index is 0.000833. The van der Waals surface area contributed by atoms with Gasteiger partial charge in [0.1, 0.15) is 0 Å². The third-order valence-corrected chi connectivity index (χ3v) is 3.75. The van der Waals surface area contributed by atoms with Crippen LogP contribution in [-0.4, -0.2) is 47.7 Å². The molecule has 0 aromatic rings. The van der Waals surface area contributed by atoms with Crippen LogP contribution in [0.4, 0.5) is 0 Å². The zero-order valence-corrected chi connectivity index (χ0v) is 9.82. The van der Waals surface area contributed by atoms with E-state index in [-0.39, 0.29) is 18.6 Å². The van der Waals surface area contributed by atoms with Gasteiger partial charge in [-0.15, -0.1) is 0 Å². The Bertz CT molecular complexity index is 235. The first kappa shape index (κ1) is 11.9. The first-order chi connectivity index (χ1) is 7.83. The van der Waals surface area contributed by atoms with Crippen LogP contribution >= 0.6 is 0 Å². The second-order valence-electron chi connectivity index (χ2n) is 4.84. The van der Waals surface area contributed by atoms with Gasteiger partial charge >= 0.3 is 0 Å². The normalized spacial score (nSPS) is 26.2. The van der Waals surface area contributed by atoms with E-state index in [0.717, 1.165) is 32.2 Å². The number of nitrogens with one attached hydrogen (secondary N) is 1. The van der Waals surface area contributed by atoms with Crippen molar-refractivity contribution in [1.29, 1.82) is 0 Å². The molecule has 2 rings (SSSR count). The number of hydrogen-bond donors (Lipinski definition) is 2. The Morgan fingerprint density at radius 1 is 1.25 bits per heavy atom. The summed E-state index contributed by atoms with van der Waals surface area (Å²) < 4.78 is 0. The van der Waals surface area contributed by atoms with E-state index in [4.69, 9.17) is 5.11 Å². The minimum absolute atomic E-state index is 0.000833. The topological polar surface area (TPSA) is 52.6 Å². The summed E-state index contributed by atoms with van der Waals surface area (Å²) in [6.07, 6.45) is 6.70. The zero-order chi connectivity index (χ0) is 11.4. The van der Waals surface area contributed by atoms with Gasteiger partial charge in [0.15, 0.2) is 0 Å². The lowest BCUT2D eigenvalue weighted by molar-refractivity contribution is -0.138. The Morgan fingerprint density at radius 3 is 2.56 bits per heavy atom. The molecule has 1 aliphatic heterocycles. The second-order valence-corrected chi connectivity index (χ2v) is 4.84. The number of piperidine rings is 1. The van der Waals surface area contributed by atoms with Gasteiger partial charge in [-0.25, -0.2) is 0 Å². The molecule has 0 aromatic heterocycles. The van der Waals surface area contributed by atoms with Gasteiger partial charge in [0.2, 0.25) is 5.91 Å². The highest BCUT2D eigenvalue weighted by molar-refractivity contribution is 5.82. The van der Waals surface area contributed by atoms with Gasteiger partial charge in [0.05, 0.1) is 12.6 Å². The summed E-state index contributed by atoms with van der Waals surface area (Å²) in [5.74, 6) is 0.207. The molecule has 1 saturated carbocycles. The van der Waals surface area contributed by atoms with Crippen LogP contribution in [-0.2, 0) is 4.79 Å². The van der Waals surface area contributed by atoms with Crippen LogP contribution in [0, 0.1) is 0 Å². The fraction of sp³-hybridized carbons (Fsp3) is 0.917. The van der Waals surface area contributed by atoms with Gasteiger partial charge in [-0.2, -0.15) is 0 Å². The molecular weight excluding hydrogens is 204 g/mol. The fourth-order valence-electron chi connectivity index (χ4n) is 2.54. The number of aliphatic hydroxyl groups is 1. The van der Waals surface area contributed by atoms with Crippen molar-refractivity contribution in [3.63, 3.8) is 0 Å². The monoisotopic (exact) mass is 226 g/mol.